The van der Waals surface area contributed by atoms with Crippen molar-refractivity contribution in [2.24, 2.45) is 10.2 Å². The molecule has 6 rings (SSSR count). The molecule has 0 saturated heterocycles. The first-order valence-corrected chi connectivity index (χ1v) is 17.4. The second-order valence-corrected chi connectivity index (χ2v) is 12.3. The highest BCUT2D eigenvalue weighted by Crippen LogP contribution is 2.29. The Hall–Kier alpha value is -6.35. The number of ether oxygens (including phenoxy) is 2. The number of halogens is 3. The maximum absolute atomic E-state index is 12.7. The Bertz CT molecular complexity index is 1960. The monoisotopic (exact) mass is 728 g/mol. The van der Waals surface area contributed by atoms with E-state index in [0.29, 0.717) is 26.2 Å². The number of alkyl halides is 3. The molecule has 9 heteroatoms. The summed E-state index contributed by atoms with van der Waals surface area (Å²) in [6.45, 7) is 2.39. The van der Waals surface area contributed by atoms with Crippen LogP contribution in [0.25, 0.3) is 0 Å². The molecule has 6 aromatic carbocycles. The van der Waals surface area contributed by atoms with Crippen LogP contribution < -0.4 is 9.47 Å². The van der Waals surface area contributed by atoms with E-state index >= 15 is 0 Å². The van der Waals surface area contributed by atoms with Crippen molar-refractivity contribution in [3.63, 3.8) is 0 Å². The summed E-state index contributed by atoms with van der Waals surface area (Å²) in [5, 5.41) is 13.1. The average molecular weight is 729 g/mol. The van der Waals surface area contributed by atoms with Crippen molar-refractivity contribution >= 4 is 12.4 Å². The van der Waals surface area contributed by atoms with Crippen molar-refractivity contribution in [3.05, 3.63) is 203 Å². The van der Waals surface area contributed by atoms with E-state index in [1.54, 1.807) is 20.4 Å². The number of benzene rings is 6. The van der Waals surface area contributed by atoms with Gasteiger partial charge in [0.1, 0.15) is 11.5 Å². The normalized spacial score (nSPS) is 11.2. The molecule has 0 bridgehead atoms. The third kappa shape index (κ3) is 13.0. The third-order valence-corrected chi connectivity index (χ3v) is 8.24. The molecule has 276 valence electrons. The van der Waals surface area contributed by atoms with E-state index in [4.69, 9.17) is 14.6 Å². The van der Waals surface area contributed by atoms with Gasteiger partial charge < -0.3 is 9.47 Å². The first-order chi connectivity index (χ1) is 26.3. The van der Waals surface area contributed by atoms with Crippen LogP contribution in [0.15, 0.2) is 174 Å². The minimum atomic E-state index is -4.33. The Morgan fingerprint density at radius 1 is 0.444 bits per heavy atom. The summed E-state index contributed by atoms with van der Waals surface area (Å²) in [5.74, 6) is 1.71. The number of hydrogen-bond donors (Lipinski definition) is 0. The molecule has 0 saturated carbocycles. The minimum Gasteiger partial charge on any atom is -0.497 e. The maximum Gasteiger partial charge on any atom is 0.416 e. The summed E-state index contributed by atoms with van der Waals surface area (Å²) in [6.07, 6.45) is -0.673. The summed E-state index contributed by atoms with van der Waals surface area (Å²) < 4.78 is 48.7. The van der Waals surface area contributed by atoms with Gasteiger partial charge in [0.25, 0.3) is 0 Å². The van der Waals surface area contributed by atoms with Crippen LogP contribution in [-0.4, -0.2) is 36.7 Å². The first-order valence-electron chi connectivity index (χ1n) is 17.4. The van der Waals surface area contributed by atoms with Gasteiger partial charge in [-0.2, -0.15) is 23.4 Å². The SMILES string of the molecule is COc1ccc(CN(Cc2ccc(OC)cc2)N=Cc2ccccc2)cc1.FC(F)(F)c1ccc(CN(Cc2ccccc2)N=Cc2ccccc2)cc1. The zero-order chi connectivity index (χ0) is 38.0. The number of nitrogens with zero attached hydrogens (tertiary/aromatic N) is 4. The smallest absolute Gasteiger partial charge is 0.416 e. The summed E-state index contributed by atoms with van der Waals surface area (Å²) in [5.41, 5.74) is 5.59. The van der Waals surface area contributed by atoms with Gasteiger partial charge in [0.15, 0.2) is 0 Å². The number of methoxy groups -OCH3 is 2. The fourth-order valence-corrected chi connectivity index (χ4v) is 5.34. The van der Waals surface area contributed by atoms with Gasteiger partial charge in [-0.05, 0) is 69.8 Å². The molecule has 0 atom stereocenters. The van der Waals surface area contributed by atoms with Gasteiger partial charge in [-0.3, -0.25) is 10.0 Å². The molecule has 0 N–H and O–H groups in total. The second kappa shape index (κ2) is 20.0. The zero-order valence-electron chi connectivity index (χ0n) is 30.3. The van der Waals surface area contributed by atoms with Crippen molar-refractivity contribution in [2.45, 2.75) is 32.4 Å². The molecular weight excluding hydrogens is 686 g/mol. The molecule has 0 heterocycles. The van der Waals surface area contributed by atoms with E-state index in [-0.39, 0.29) is 0 Å². The van der Waals surface area contributed by atoms with Crippen LogP contribution in [0.2, 0.25) is 0 Å². The van der Waals surface area contributed by atoms with Gasteiger partial charge in [0.2, 0.25) is 0 Å². The van der Waals surface area contributed by atoms with E-state index in [9.17, 15) is 13.2 Å². The molecule has 0 radical (unpaired) electrons. The van der Waals surface area contributed by atoms with Crippen LogP contribution in [0.4, 0.5) is 13.2 Å². The minimum absolute atomic E-state index is 0.413. The van der Waals surface area contributed by atoms with Crippen LogP contribution in [0, 0.1) is 0 Å². The second-order valence-electron chi connectivity index (χ2n) is 12.3. The number of hydrazone groups is 2. The Morgan fingerprint density at radius 3 is 1.09 bits per heavy atom. The predicted molar refractivity (Wildman–Crippen MR) is 210 cm³/mol. The molecule has 0 aliphatic heterocycles. The molecule has 0 unspecified atom stereocenters. The Kier molecular flexibility index (Phi) is 14.4. The van der Waals surface area contributed by atoms with Crippen LogP contribution >= 0.6 is 0 Å². The molecule has 0 aromatic heterocycles. The quantitative estimate of drug-likeness (QED) is 0.0828. The van der Waals surface area contributed by atoms with E-state index in [1.807, 2.05) is 126 Å². The summed E-state index contributed by atoms with van der Waals surface area (Å²) in [6, 6.07) is 51.0. The molecule has 6 nitrogen and oxygen atoms in total. The topological polar surface area (TPSA) is 49.7 Å². The lowest BCUT2D eigenvalue weighted by molar-refractivity contribution is -0.137. The van der Waals surface area contributed by atoms with Crippen LogP contribution in [0.5, 0.6) is 11.5 Å². The Balaban J connectivity index is 0.000000208. The van der Waals surface area contributed by atoms with Crippen LogP contribution in [0.1, 0.15) is 38.9 Å². The van der Waals surface area contributed by atoms with Gasteiger partial charge in [-0.1, -0.05) is 127 Å². The average Bonchev–Trinajstić information content (AvgIpc) is 3.21. The standard InChI is InChI=1S/C23H24N2O2.C22H19F3N2/c1-26-22-12-8-20(9-13-22)17-25(24-16-19-6-4-3-5-7-19)18-21-10-14-23(27-2)15-11-21;23-22(24,25)21-13-11-20(12-14-21)17-27(16-19-9-5-2-6-10-19)26-15-18-7-3-1-4-8-18/h3-16H,17-18H2,1-2H3;1-15H,16-17H2. The molecule has 6 aromatic rings. The van der Waals surface area contributed by atoms with E-state index < -0.39 is 11.7 Å². The third-order valence-electron chi connectivity index (χ3n) is 8.24. The predicted octanol–water partition coefficient (Wildman–Crippen LogP) is 10.5. The van der Waals surface area contributed by atoms with E-state index in [0.717, 1.165) is 45.9 Å². The lowest BCUT2D eigenvalue weighted by Gasteiger charge is -2.20. The highest BCUT2D eigenvalue weighted by molar-refractivity contribution is 5.79. The molecule has 0 amide bonds. The van der Waals surface area contributed by atoms with Gasteiger partial charge in [0.05, 0.1) is 58.4 Å². The number of rotatable bonds is 14. The molecule has 0 fully saturated rings. The molecule has 0 aliphatic rings. The fraction of sp³-hybridized carbons (Fsp3) is 0.156. The van der Waals surface area contributed by atoms with E-state index in [1.165, 1.54) is 23.3 Å². The summed E-state index contributed by atoms with van der Waals surface area (Å²) >= 11 is 0. The van der Waals surface area contributed by atoms with Crippen molar-refractivity contribution in [1.29, 1.82) is 0 Å². The van der Waals surface area contributed by atoms with Crippen molar-refractivity contribution < 1.29 is 22.6 Å². The first kappa shape index (κ1) is 38.9. The summed E-state index contributed by atoms with van der Waals surface area (Å²) in [4.78, 5) is 0. The lowest BCUT2D eigenvalue weighted by atomic mass is 10.1. The maximum atomic E-state index is 12.7. The van der Waals surface area contributed by atoms with E-state index in [2.05, 4.69) is 34.4 Å². The van der Waals surface area contributed by atoms with Crippen molar-refractivity contribution in [1.82, 2.24) is 10.0 Å². The number of hydrogen-bond acceptors (Lipinski definition) is 6. The highest BCUT2D eigenvalue weighted by Gasteiger charge is 2.30. The highest BCUT2D eigenvalue weighted by atomic mass is 19.4. The van der Waals surface area contributed by atoms with Crippen LogP contribution in [0.3, 0.4) is 0 Å². The summed E-state index contributed by atoms with van der Waals surface area (Å²) in [7, 11) is 3.35. The molecule has 0 spiro atoms. The fourth-order valence-electron chi connectivity index (χ4n) is 5.34. The van der Waals surface area contributed by atoms with Gasteiger partial charge >= 0.3 is 6.18 Å². The lowest BCUT2D eigenvalue weighted by Crippen LogP contribution is -2.17. The van der Waals surface area contributed by atoms with Gasteiger partial charge in [-0.15, -0.1) is 0 Å². The van der Waals surface area contributed by atoms with Crippen LogP contribution in [-0.2, 0) is 32.4 Å². The molecule has 0 aliphatic carbocycles. The van der Waals surface area contributed by atoms with Gasteiger partial charge in [-0.25, -0.2) is 0 Å². The Labute approximate surface area is 315 Å². The largest absolute Gasteiger partial charge is 0.497 e. The van der Waals surface area contributed by atoms with Crippen molar-refractivity contribution in [2.75, 3.05) is 14.2 Å². The van der Waals surface area contributed by atoms with Gasteiger partial charge in [0, 0.05) is 0 Å². The molecular formula is C45H43F3N4O2. The molecule has 54 heavy (non-hydrogen) atoms. The Morgan fingerprint density at radius 2 is 0.759 bits per heavy atom. The zero-order valence-corrected chi connectivity index (χ0v) is 30.3. The van der Waals surface area contributed by atoms with Crippen molar-refractivity contribution in [3.8, 4) is 11.5 Å².